The maximum absolute atomic E-state index is 13.4. The minimum absolute atomic E-state index is 0.113. The van der Waals surface area contributed by atoms with Crippen LogP contribution in [0.4, 0.5) is 19.1 Å². The lowest BCUT2D eigenvalue weighted by Gasteiger charge is -2.30. The van der Waals surface area contributed by atoms with Crippen LogP contribution in [-0.4, -0.2) is 37.3 Å². The normalized spacial score (nSPS) is 15.7. The molecule has 0 spiro atoms. The fourth-order valence-electron chi connectivity index (χ4n) is 3.07. The average Bonchev–Trinajstić information content (AvgIpc) is 2.67. The predicted molar refractivity (Wildman–Crippen MR) is 96.2 cm³/mol. The summed E-state index contributed by atoms with van der Waals surface area (Å²) in [5, 5.41) is 0. The number of ether oxygens (including phenoxy) is 2. The molecule has 0 bridgehead atoms. The van der Waals surface area contributed by atoms with E-state index in [1.165, 1.54) is 14.2 Å². The van der Waals surface area contributed by atoms with Crippen molar-refractivity contribution in [1.82, 2.24) is 9.97 Å². The van der Waals surface area contributed by atoms with Crippen LogP contribution < -0.4 is 14.4 Å². The van der Waals surface area contributed by atoms with Crippen molar-refractivity contribution in [3.63, 3.8) is 0 Å². The highest BCUT2D eigenvalue weighted by molar-refractivity contribution is 5.65. The van der Waals surface area contributed by atoms with E-state index < -0.39 is 11.9 Å². The van der Waals surface area contributed by atoms with Crippen molar-refractivity contribution in [2.45, 2.75) is 25.9 Å². The van der Waals surface area contributed by atoms with Gasteiger partial charge < -0.3 is 14.4 Å². The first-order valence-electron chi connectivity index (χ1n) is 8.75. The van der Waals surface area contributed by atoms with Crippen molar-refractivity contribution in [2.24, 2.45) is 5.92 Å². The smallest absolute Gasteiger partial charge is 0.433 e. The van der Waals surface area contributed by atoms with Crippen LogP contribution in [0, 0.1) is 5.92 Å². The molecule has 1 aromatic heterocycles. The molecule has 2 aromatic rings. The summed E-state index contributed by atoms with van der Waals surface area (Å²) in [6, 6.07) is 5.89. The summed E-state index contributed by atoms with van der Waals surface area (Å²) in [5.74, 6) is 1.59. The molecule has 1 aromatic carbocycles. The molecule has 3 rings (SSSR count). The fourth-order valence-corrected chi connectivity index (χ4v) is 3.07. The minimum Gasteiger partial charge on any atom is -0.493 e. The number of alkyl halides is 3. The zero-order valence-corrected chi connectivity index (χ0v) is 15.5. The van der Waals surface area contributed by atoms with E-state index in [-0.39, 0.29) is 11.6 Å². The summed E-state index contributed by atoms with van der Waals surface area (Å²) < 4.78 is 50.7. The molecule has 0 atom stereocenters. The Labute approximate surface area is 156 Å². The summed E-state index contributed by atoms with van der Waals surface area (Å²) >= 11 is 0. The second kappa shape index (κ2) is 7.62. The largest absolute Gasteiger partial charge is 0.493 e. The van der Waals surface area contributed by atoms with Crippen molar-refractivity contribution in [2.75, 3.05) is 32.2 Å². The molecular formula is C19H22F3N3O2. The van der Waals surface area contributed by atoms with Gasteiger partial charge in [0.05, 0.1) is 19.9 Å². The number of halogens is 3. The molecule has 27 heavy (non-hydrogen) atoms. The van der Waals surface area contributed by atoms with Crippen molar-refractivity contribution in [1.29, 1.82) is 0 Å². The molecular weight excluding hydrogens is 359 g/mol. The second-order valence-electron chi connectivity index (χ2n) is 6.68. The SMILES string of the molecule is COc1ccc(-c2cc(C(F)(F)F)nc(N3CCC(C)CC3)n2)cc1OC. The van der Waals surface area contributed by atoms with Gasteiger partial charge in [-0.2, -0.15) is 13.2 Å². The highest BCUT2D eigenvalue weighted by Gasteiger charge is 2.34. The monoisotopic (exact) mass is 381 g/mol. The molecule has 5 nitrogen and oxygen atoms in total. The fraction of sp³-hybridized carbons (Fsp3) is 0.474. The van der Waals surface area contributed by atoms with Crippen LogP contribution in [-0.2, 0) is 6.18 Å². The van der Waals surface area contributed by atoms with Gasteiger partial charge >= 0.3 is 6.18 Å². The zero-order chi connectivity index (χ0) is 19.6. The Kier molecular flexibility index (Phi) is 5.43. The maximum Gasteiger partial charge on any atom is 0.433 e. The molecule has 0 radical (unpaired) electrons. The van der Waals surface area contributed by atoms with E-state index in [1.54, 1.807) is 18.2 Å². The lowest BCUT2D eigenvalue weighted by atomic mass is 9.99. The number of methoxy groups -OCH3 is 2. The quantitative estimate of drug-likeness (QED) is 0.785. The molecule has 0 N–H and O–H groups in total. The molecule has 1 saturated heterocycles. The van der Waals surface area contributed by atoms with Crippen LogP contribution in [0.2, 0.25) is 0 Å². The lowest BCUT2D eigenvalue weighted by molar-refractivity contribution is -0.141. The number of hydrogen-bond acceptors (Lipinski definition) is 5. The Balaban J connectivity index is 2.05. The number of nitrogens with zero attached hydrogens (tertiary/aromatic N) is 3. The molecule has 0 amide bonds. The van der Waals surface area contributed by atoms with Gasteiger partial charge in [0.2, 0.25) is 5.95 Å². The zero-order valence-electron chi connectivity index (χ0n) is 15.5. The van der Waals surface area contributed by atoms with E-state index in [2.05, 4.69) is 16.9 Å². The third kappa shape index (κ3) is 4.26. The van der Waals surface area contributed by atoms with E-state index >= 15 is 0 Å². The molecule has 0 aliphatic carbocycles. The number of rotatable bonds is 4. The van der Waals surface area contributed by atoms with Gasteiger partial charge in [0.25, 0.3) is 0 Å². The summed E-state index contributed by atoms with van der Waals surface area (Å²) in [7, 11) is 2.97. The van der Waals surface area contributed by atoms with Crippen LogP contribution in [0.15, 0.2) is 24.3 Å². The third-order valence-corrected chi connectivity index (χ3v) is 4.75. The average molecular weight is 381 g/mol. The summed E-state index contributed by atoms with van der Waals surface area (Å²) in [6.45, 7) is 3.43. The van der Waals surface area contributed by atoms with E-state index in [0.29, 0.717) is 36.1 Å². The van der Waals surface area contributed by atoms with Gasteiger partial charge in [-0.15, -0.1) is 0 Å². The van der Waals surface area contributed by atoms with Crippen LogP contribution in [0.25, 0.3) is 11.3 Å². The van der Waals surface area contributed by atoms with Crippen LogP contribution in [0.5, 0.6) is 11.5 Å². The first kappa shape index (κ1) is 19.3. The van der Waals surface area contributed by atoms with Crippen LogP contribution >= 0.6 is 0 Å². The topological polar surface area (TPSA) is 47.5 Å². The van der Waals surface area contributed by atoms with Gasteiger partial charge in [0.1, 0.15) is 0 Å². The second-order valence-corrected chi connectivity index (χ2v) is 6.68. The Bertz CT molecular complexity index is 803. The number of piperidine rings is 1. The van der Waals surface area contributed by atoms with Gasteiger partial charge in [0.15, 0.2) is 17.2 Å². The Hall–Kier alpha value is -2.51. The molecule has 0 saturated carbocycles. The third-order valence-electron chi connectivity index (χ3n) is 4.75. The standard InChI is InChI=1S/C19H22F3N3O2/c1-12-6-8-25(9-7-12)18-23-14(11-17(24-18)19(20,21)22)13-4-5-15(26-2)16(10-13)27-3/h4-5,10-12H,6-9H2,1-3H3. The van der Waals surface area contributed by atoms with Gasteiger partial charge in [-0.25, -0.2) is 9.97 Å². The number of anilines is 1. The van der Waals surface area contributed by atoms with E-state index in [0.717, 1.165) is 18.9 Å². The number of aromatic nitrogens is 2. The van der Waals surface area contributed by atoms with Gasteiger partial charge in [-0.3, -0.25) is 0 Å². The number of hydrogen-bond donors (Lipinski definition) is 0. The van der Waals surface area contributed by atoms with Crippen molar-refractivity contribution in [3.05, 3.63) is 30.0 Å². The summed E-state index contributed by atoms with van der Waals surface area (Å²) in [4.78, 5) is 10.0. The molecule has 1 aliphatic rings. The Morgan fingerprint density at radius 1 is 1.00 bits per heavy atom. The molecule has 146 valence electrons. The van der Waals surface area contributed by atoms with Crippen molar-refractivity contribution >= 4 is 5.95 Å². The highest BCUT2D eigenvalue weighted by Crippen LogP contribution is 2.35. The molecule has 1 fully saturated rings. The van der Waals surface area contributed by atoms with E-state index in [1.807, 2.05) is 4.90 Å². The Morgan fingerprint density at radius 2 is 1.67 bits per heavy atom. The van der Waals surface area contributed by atoms with E-state index in [9.17, 15) is 13.2 Å². The van der Waals surface area contributed by atoms with Crippen LogP contribution in [0.1, 0.15) is 25.5 Å². The van der Waals surface area contributed by atoms with Crippen LogP contribution in [0.3, 0.4) is 0 Å². The summed E-state index contributed by atoms with van der Waals surface area (Å²) in [5.41, 5.74) is -0.241. The maximum atomic E-state index is 13.4. The molecule has 1 aliphatic heterocycles. The molecule has 8 heteroatoms. The van der Waals surface area contributed by atoms with Gasteiger partial charge in [0, 0.05) is 18.7 Å². The first-order valence-corrected chi connectivity index (χ1v) is 8.75. The summed E-state index contributed by atoms with van der Waals surface area (Å²) in [6.07, 6.45) is -2.73. The molecule has 2 heterocycles. The van der Waals surface area contributed by atoms with Gasteiger partial charge in [-0.05, 0) is 43.0 Å². The van der Waals surface area contributed by atoms with Gasteiger partial charge in [-0.1, -0.05) is 6.92 Å². The van der Waals surface area contributed by atoms with Crippen molar-refractivity contribution in [3.8, 4) is 22.8 Å². The van der Waals surface area contributed by atoms with E-state index in [4.69, 9.17) is 9.47 Å². The van der Waals surface area contributed by atoms with Crippen molar-refractivity contribution < 1.29 is 22.6 Å². The number of benzene rings is 1. The predicted octanol–water partition coefficient (Wildman–Crippen LogP) is 4.42. The minimum atomic E-state index is -4.55. The molecule has 0 unspecified atom stereocenters. The highest BCUT2D eigenvalue weighted by atomic mass is 19.4. The Morgan fingerprint density at radius 3 is 2.26 bits per heavy atom. The first-order chi connectivity index (χ1) is 12.8. The lowest BCUT2D eigenvalue weighted by Crippen LogP contribution is -2.34.